The summed E-state index contributed by atoms with van der Waals surface area (Å²) in [6.07, 6.45) is 1.66. The molecule has 0 radical (unpaired) electrons. The van der Waals surface area contributed by atoms with E-state index in [9.17, 15) is 9.59 Å². The Balaban J connectivity index is 1.48. The molecule has 0 saturated heterocycles. The molecule has 0 fully saturated rings. The SMILES string of the molecule is Cc1sc2ncn(CCC(=O)Nc3cc4c(cc3Br)OCCO4)c(=O)c2c1C. The highest BCUT2D eigenvalue weighted by Gasteiger charge is 2.17. The van der Waals surface area contributed by atoms with Crippen LogP contribution >= 0.6 is 27.3 Å². The number of thiophene rings is 1. The van der Waals surface area contributed by atoms with Crippen molar-refractivity contribution in [1.29, 1.82) is 0 Å². The van der Waals surface area contributed by atoms with Gasteiger partial charge in [0.05, 0.1) is 17.4 Å². The van der Waals surface area contributed by atoms with Crippen molar-refractivity contribution >= 4 is 49.1 Å². The number of carbonyl (C=O) groups is 1. The third-order valence-corrected chi connectivity index (χ3v) is 6.41. The van der Waals surface area contributed by atoms with Gasteiger partial charge in [-0.15, -0.1) is 11.3 Å². The zero-order chi connectivity index (χ0) is 19.8. The van der Waals surface area contributed by atoms with Gasteiger partial charge in [0.1, 0.15) is 18.0 Å². The smallest absolute Gasteiger partial charge is 0.262 e. The quantitative estimate of drug-likeness (QED) is 0.638. The molecule has 0 saturated carbocycles. The summed E-state index contributed by atoms with van der Waals surface area (Å²) >= 11 is 4.94. The number of benzene rings is 1. The first-order valence-electron chi connectivity index (χ1n) is 8.78. The number of halogens is 1. The number of rotatable bonds is 4. The lowest BCUT2D eigenvalue weighted by atomic mass is 10.2. The van der Waals surface area contributed by atoms with Crippen LogP contribution in [0.4, 0.5) is 5.69 Å². The molecule has 4 rings (SSSR count). The summed E-state index contributed by atoms with van der Waals surface area (Å²) in [4.78, 5) is 31.3. The van der Waals surface area contributed by atoms with Crippen molar-refractivity contribution in [1.82, 2.24) is 9.55 Å². The van der Waals surface area contributed by atoms with Crippen LogP contribution in [-0.2, 0) is 11.3 Å². The number of anilines is 1. The topological polar surface area (TPSA) is 82.5 Å². The molecule has 1 aliphatic heterocycles. The molecule has 9 heteroatoms. The Morgan fingerprint density at radius 3 is 2.75 bits per heavy atom. The Labute approximate surface area is 173 Å². The number of carbonyl (C=O) groups excluding carboxylic acids is 1. The fourth-order valence-corrected chi connectivity index (χ4v) is 4.43. The minimum absolute atomic E-state index is 0.111. The number of fused-ring (bicyclic) bond motifs is 2. The molecule has 1 aliphatic rings. The van der Waals surface area contributed by atoms with Crippen LogP contribution in [0.2, 0.25) is 0 Å². The van der Waals surface area contributed by atoms with Crippen LogP contribution in [0.5, 0.6) is 11.5 Å². The third-order valence-electron chi connectivity index (χ3n) is 4.64. The zero-order valence-electron chi connectivity index (χ0n) is 15.4. The number of hydrogen-bond acceptors (Lipinski definition) is 6. The van der Waals surface area contributed by atoms with E-state index in [1.807, 2.05) is 13.8 Å². The molecule has 0 aliphatic carbocycles. The zero-order valence-corrected chi connectivity index (χ0v) is 17.8. The summed E-state index contributed by atoms with van der Waals surface area (Å²) in [5.41, 5.74) is 1.44. The van der Waals surface area contributed by atoms with Gasteiger partial charge in [-0.05, 0) is 35.3 Å². The Kier molecular flexibility index (Phi) is 5.11. The number of aromatic nitrogens is 2. The molecular formula is C19H18BrN3O4S. The van der Waals surface area contributed by atoms with E-state index < -0.39 is 0 Å². The minimum atomic E-state index is -0.206. The number of nitrogens with one attached hydrogen (secondary N) is 1. The van der Waals surface area contributed by atoms with Crippen LogP contribution in [0.25, 0.3) is 10.2 Å². The number of aryl methyl sites for hydroxylation is 3. The van der Waals surface area contributed by atoms with Gasteiger partial charge in [-0.3, -0.25) is 14.2 Å². The molecule has 0 atom stereocenters. The summed E-state index contributed by atoms with van der Waals surface area (Å²) in [6.45, 7) is 5.13. The van der Waals surface area contributed by atoms with Gasteiger partial charge in [-0.1, -0.05) is 0 Å². The van der Waals surface area contributed by atoms with Crippen molar-refractivity contribution in [2.45, 2.75) is 26.8 Å². The van der Waals surface area contributed by atoms with Gasteiger partial charge in [0.25, 0.3) is 5.56 Å². The van der Waals surface area contributed by atoms with Crippen LogP contribution in [0.1, 0.15) is 16.9 Å². The summed E-state index contributed by atoms with van der Waals surface area (Å²) in [7, 11) is 0. The predicted octanol–water partition coefficient (Wildman–Crippen LogP) is 3.64. The fraction of sp³-hybridized carbons (Fsp3) is 0.316. The van der Waals surface area contributed by atoms with Crippen molar-refractivity contribution in [3.63, 3.8) is 0 Å². The molecule has 3 heterocycles. The van der Waals surface area contributed by atoms with Crippen molar-refractivity contribution in [3.8, 4) is 11.5 Å². The number of nitrogens with zero attached hydrogens (tertiary/aromatic N) is 2. The van der Waals surface area contributed by atoms with Gasteiger partial charge >= 0.3 is 0 Å². The van der Waals surface area contributed by atoms with E-state index in [1.54, 1.807) is 12.1 Å². The Morgan fingerprint density at radius 1 is 1.29 bits per heavy atom. The highest BCUT2D eigenvalue weighted by molar-refractivity contribution is 9.10. The molecule has 0 spiro atoms. The van der Waals surface area contributed by atoms with Gasteiger partial charge in [0.2, 0.25) is 5.91 Å². The summed E-state index contributed by atoms with van der Waals surface area (Å²) in [5.74, 6) is 1.03. The Bertz CT molecular complexity index is 1140. The van der Waals surface area contributed by atoms with Gasteiger partial charge in [-0.2, -0.15) is 0 Å². The number of amides is 1. The number of hydrogen-bond donors (Lipinski definition) is 1. The van der Waals surface area contributed by atoms with E-state index in [-0.39, 0.29) is 24.4 Å². The van der Waals surface area contributed by atoms with Crippen LogP contribution in [0, 0.1) is 13.8 Å². The van der Waals surface area contributed by atoms with E-state index >= 15 is 0 Å². The first kappa shape index (κ1) is 18.9. The van der Waals surface area contributed by atoms with E-state index in [0.717, 1.165) is 15.3 Å². The lowest BCUT2D eigenvalue weighted by Gasteiger charge is -2.20. The first-order valence-corrected chi connectivity index (χ1v) is 10.4. The molecular weight excluding hydrogens is 446 g/mol. The maximum Gasteiger partial charge on any atom is 0.262 e. The van der Waals surface area contributed by atoms with Crippen molar-refractivity contribution in [3.05, 3.63) is 43.7 Å². The van der Waals surface area contributed by atoms with Crippen LogP contribution < -0.4 is 20.3 Å². The second-order valence-electron chi connectivity index (χ2n) is 6.48. The lowest BCUT2D eigenvalue weighted by molar-refractivity contribution is -0.116. The largest absolute Gasteiger partial charge is 0.486 e. The average Bonchev–Trinajstić information content (AvgIpc) is 2.96. The van der Waals surface area contributed by atoms with Crippen molar-refractivity contribution in [2.24, 2.45) is 0 Å². The molecule has 2 aromatic heterocycles. The standard InChI is InChI=1S/C19H18BrN3O4S/c1-10-11(2)28-18-17(10)19(25)23(9-21-18)4-3-16(24)22-13-8-15-14(7-12(13)20)26-5-6-27-15/h7-9H,3-6H2,1-2H3,(H,22,24). The normalized spacial score (nSPS) is 13.0. The monoisotopic (exact) mass is 463 g/mol. The highest BCUT2D eigenvalue weighted by atomic mass is 79.9. The first-order chi connectivity index (χ1) is 13.4. The maximum absolute atomic E-state index is 12.7. The van der Waals surface area contributed by atoms with Gasteiger partial charge in [0.15, 0.2) is 11.5 Å². The predicted molar refractivity (Wildman–Crippen MR) is 112 cm³/mol. The van der Waals surface area contributed by atoms with E-state index in [0.29, 0.717) is 40.3 Å². The average molecular weight is 464 g/mol. The van der Waals surface area contributed by atoms with Crippen LogP contribution in [0.15, 0.2) is 27.7 Å². The molecule has 7 nitrogen and oxygen atoms in total. The van der Waals surface area contributed by atoms with Crippen LogP contribution in [-0.4, -0.2) is 28.7 Å². The van der Waals surface area contributed by atoms with Gasteiger partial charge in [-0.25, -0.2) is 4.98 Å². The molecule has 1 aromatic carbocycles. The maximum atomic E-state index is 12.7. The molecule has 1 amide bonds. The lowest BCUT2D eigenvalue weighted by Crippen LogP contribution is -2.23. The summed E-state index contributed by atoms with van der Waals surface area (Å²) < 4.78 is 13.3. The van der Waals surface area contributed by atoms with E-state index in [4.69, 9.17) is 9.47 Å². The van der Waals surface area contributed by atoms with Crippen molar-refractivity contribution in [2.75, 3.05) is 18.5 Å². The molecule has 1 N–H and O–H groups in total. The second kappa shape index (κ2) is 7.56. The van der Waals surface area contributed by atoms with Gasteiger partial charge < -0.3 is 14.8 Å². The van der Waals surface area contributed by atoms with Crippen molar-refractivity contribution < 1.29 is 14.3 Å². The Morgan fingerprint density at radius 2 is 2.00 bits per heavy atom. The number of ether oxygens (including phenoxy) is 2. The molecule has 146 valence electrons. The van der Waals surface area contributed by atoms with E-state index in [1.165, 1.54) is 22.2 Å². The van der Waals surface area contributed by atoms with Crippen LogP contribution in [0.3, 0.4) is 0 Å². The molecule has 0 bridgehead atoms. The molecule has 0 unspecified atom stereocenters. The third kappa shape index (κ3) is 3.51. The van der Waals surface area contributed by atoms with Gasteiger partial charge in [0, 0.05) is 34.4 Å². The highest BCUT2D eigenvalue weighted by Crippen LogP contribution is 2.38. The molecule has 3 aromatic rings. The summed E-state index contributed by atoms with van der Waals surface area (Å²) in [6, 6.07) is 3.50. The fourth-order valence-electron chi connectivity index (χ4n) is 3.02. The molecule has 28 heavy (non-hydrogen) atoms. The van der Waals surface area contributed by atoms with E-state index in [2.05, 4.69) is 26.2 Å². The Hall–Kier alpha value is -2.39. The second-order valence-corrected chi connectivity index (χ2v) is 8.54. The summed E-state index contributed by atoms with van der Waals surface area (Å²) in [5, 5.41) is 3.49. The minimum Gasteiger partial charge on any atom is -0.486 e.